The number of aliphatic hydroxyl groups is 1. The number of carbonyl (C=O) groups excluding carboxylic acids is 2. The number of ether oxygens (including phenoxy) is 1. The fourth-order valence-electron chi connectivity index (χ4n) is 8.24. The maximum absolute atomic E-state index is 16.3. The van der Waals surface area contributed by atoms with Crippen molar-refractivity contribution in [3.05, 3.63) is 77.9 Å². The van der Waals surface area contributed by atoms with Gasteiger partial charge in [0.25, 0.3) is 0 Å². The molecule has 4 unspecified atom stereocenters. The molecule has 1 saturated heterocycles. The number of benzene rings is 1. The van der Waals surface area contributed by atoms with E-state index in [2.05, 4.69) is 23.4 Å². The largest absolute Gasteiger partial charge is 0.388 e. The van der Waals surface area contributed by atoms with Crippen LogP contribution >= 0.6 is 0 Å². The van der Waals surface area contributed by atoms with Gasteiger partial charge in [-0.2, -0.15) is 5.10 Å². The van der Waals surface area contributed by atoms with Gasteiger partial charge in [0.05, 0.1) is 29.3 Å². The van der Waals surface area contributed by atoms with Crippen molar-refractivity contribution in [2.75, 3.05) is 0 Å². The second-order valence-corrected chi connectivity index (χ2v) is 14.7. The molecule has 1 amide bonds. The van der Waals surface area contributed by atoms with Gasteiger partial charge in [0, 0.05) is 18.5 Å². The molecule has 51 heavy (non-hydrogen) atoms. The summed E-state index contributed by atoms with van der Waals surface area (Å²) in [5, 5.41) is 20.7. The first kappa shape index (κ1) is 38.0. The predicted octanol–water partition coefficient (Wildman–Crippen LogP) is 6.01. The zero-order valence-corrected chi connectivity index (χ0v) is 30.3. The molecule has 0 spiro atoms. The highest BCUT2D eigenvalue weighted by molar-refractivity contribution is 6.02. The topological polar surface area (TPSA) is 156 Å². The van der Waals surface area contributed by atoms with E-state index in [1.807, 2.05) is 32.9 Å². The summed E-state index contributed by atoms with van der Waals surface area (Å²) in [5.74, 6) is -1.52. The molecule has 11 nitrogen and oxygen atoms in total. The van der Waals surface area contributed by atoms with Crippen molar-refractivity contribution in [1.29, 1.82) is 0 Å². The van der Waals surface area contributed by atoms with Crippen molar-refractivity contribution in [2.45, 2.75) is 121 Å². The predicted molar refractivity (Wildman–Crippen MR) is 196 cm³/mol. The highest BCUT2D eigenvalue weighted by atomic mass is 19.1. The SMILES string of the molecule is C=CCC1(C)C(CC2=C(F)C=C(c3ccccc3/C(N)=N/OC(C)=O)C(C)C2)C(=O)N(C2CCC(OC(C)C3(O)CCC3)CC2)C(=C)N1/N=C\N. The average molecular weight is 705 g/mol. The third kappa shape index (κ3) is 7.67. The van der Waals surface area contributed by atoms with Crippen molar-refractivity contribution >= 4 is 29.6 Å². The molecule has 3 aliphatic carbocycles. The van der Waals surface area contributed by atoms with Crippen molar-refractivity contribution < 1.29 is 28.7 Å². The number of rotatable bonds is 12. The van der Waals surface area contributed by atoms with Crippen LogP contribution < -0.4 is 11.5 Å². The van der Waals surface area contributed by atoms with E-state index in [9.17, 15) is 14.7 Å². The molecule has 2 saturated carbocycles. The van der Waals surface area contributed by atoms with Crippen LogP contribution in [0.5, 0.6) is 0 Å². The number of amides is 1. The number of hydrogen-bond acceptors (Lipinski definition) is 8. The highest BCUT2D eigenvalue weighted by Gasteiger charge is 2.53. The van der Waals surface area contributed by atoms with Crippen LogP contribution in [0.1, 0.15) is 103 Å². The lowest BCUT2D eigenvalue weighted by molar-refractivity contribution is -0.170. The number of nitrogens with zero attached hydrogens (tertiary/aromatic N) is 4. The summed E-state index contributed by atoms with van der Waals surface area (Å²) in [4.78, 5) is 32.6. The first-order valence-electron chi connectivity index (χ1n) is 18.0. The summed E-state index contributed by atoms with van der Waals surface area (Å²) in [7, 11) is 0. The Morgan fingerprint density at radius 1 is 1.24 bits per heavy atom. The number of hydrogen-bond donors (Lipinski definition) is 3. The molecule has 4 atom stereocenters. The number of nitrogens with two attached hydrogens (primary N) is 2. The minimum atomic E-state index is -0.912. The third-order valence-electron chi connectivity index (χ3n) is 11.4. The van der Waals surface area contributed by atoms with Gasteiger partial charge in [-0.15, -0.1) is 6.58 Å². The van der Waals surface area contributed by atoms with Gasteiger partial charge in [-0.05, 0) is 107 Å². The Kier molecular flexibility index (Phi) is 11.6. The van der Waals surface area contributed by atoms with Crippen LogP contribution in [0.3, 0.4) is 0 Å². The molecule has 1 aromatic carbocycles. The van der Waals surface area contributed by atoms with Gasteiger partial charge < -0.3 is 26.1 Å². The van der Waals surface area contributed by atoms with Crippen molar-refractivity contribution in [1.82, 2.24) is 9.91 Å². The zero-order chi connectivity index (χ0) is 37.1. The van der Waals surface area contributed by atoms with E-state index in [-0.39, 0.29) is 42.3 Å². The van der Waals surface area contributed by atoms with Crippen molar-refractivity contribution in [2.24, 2.45) is 33.6 Å². The Hall–Kier alpha value is -4.29. The van der Waals surface area contributed by atoms with E-state index in [1.165, 1.54) is 19.3 Å². The Balaban J connectivity index is 1.42. The van der Waals surface area contributed by atoms with Crippen LogP contribution in [0.25, 0.3) is 5.57 Å². The monoisotopic (exact) mass is 704 g/mol. The molecule has 12 heteroatoms. The normalized spacial score (nSPS) is 29.1. The van der Waals surface area contributed by atoms with Gasteiger partial charge in [-0.3, -0.25) is 9.69 Å². The average Bonchev–Trinajstić information content (AvgIpc) is 3.08. The smallest absolute Gasteiger partial charge is 0.332 e. The molecule has 1 aromatic rings. The second-order valence-electron chi connectivity index (χ2n) is 14.7. The number of amidine groups is 1. The molecule has 0 radical (unpaired) electrons. The quantitative estimate of drug-likeness (QED) is 0.0786. The lowest BCUT2D eigenvalue weighted by Gasteiger charge is -2.54. The lowest BCUT2D eigenvalue weighted by atomic mass is 9.72. The Labute approximate surface area is 300 Å². The third-order valence-corrected chi connectivity index (χ3v) is 11.4. The fraction of sp³-hybridized carbons (Fsp3) is 0.538. The summed E-state index contributed by atoms with van der Waals surface area (Å²) in [6.45, 7) is 15.4. The molecule has 276 valence electrons. The van der Waals surface area contributed by atoms with Crippen LogP contribution in [0, 0.1) is 11.8 Å². The van der Waals surface area contributed by atoms with E-state index in [4.69, 9.17) is 21.0 Å². The van der Waals surface area contributed by atoms with E-state index < -0.39 is 28.9 Å². The molecule has 4 aliphatic rings. The molecule has 1 heterocycles. The zero-order valence-electron chi connectivity index (χ0n) is 30.3. The molecular weight excluding hydrogens is 651 g/mol. The minimum Gasteiger partial charge on any atom is -0.388 e. The Bertz CT molecular complexity index is 1640. The summed E-state index contributed by atoms with van der Waals surface area (Å²) in [5.41, 5.74) is 12.8. The van der Waals surface area contributed by atoms with E-state index in [0.29, 0.717) is 48.2 Å². The van der Waals surface area contributed by atoms with E-state index >= 15 is 4.39 Å². The maximum atomic E-state index is 16.3. The summed E-state index contributed by atoms with van der Waals surface area (Å²) in [6.07, 6.45) is 10.5. The van der Waals surface area contributed by atoms with E-state index in [0.717, 1.165) is 37.7 Å². The van der Waals surface area contributed by atoms with E-state index in [1.54, 1.807) is 28.1 Å². The van der Waals surface area contributed by atoms with Crippen LogP contribution in [-0.2, 0) is 19.2 Å². The summed E-state index contributed by atoms with van der Waals surface area (Å²) >= 11 is 0. The van der Waals surface area contributed by atoms with Gasteiger partial charge in [0.1, 0.15) is 18.0 Å². The van der Waals surface area contributed by atoms with Gasteiger partial charge in [0.15, 0.2) is 5.84 Å². The summed E-state index contributed by atoms with van der Waals surface area (Å²) < 4.78 is 22.6. The number of carbonyl (C=O) groups is 2. The number of halogens is 1. The number of oxime groups is 1. The van der Waals surface area contributed by atoms with Crippen LogP contribution in [-0.4, -0.2) is 68.5 Å². The lowest BCUT2D eigenvalue weighted by Crippen LogP contribution is -2.64. The molecule has 5 N–H and O–H groups in total. The van der Waals surface area contributed by atoms with Crippen molar-refractivity contribution in [3.63, 3.8) is 0 Å². The standard InChI is InChI=1S/C39H53FN6O5/c1-7-17-38(6)34(21-28-20-24(2)33(22-35(28)40)31-11-8-9-12-32(31)36(42)44-51-27(5)47)37(48)45(26(4)46(38)43-23-41)29-13-15-30(16-14-29)50-25(3)39(49)18-10-19-39/h7-9,11-12,22-25,29-30,34,49H,1,4,10,13-21H2,2-3,5-6H3,(H2,41,43)(H2,42,44). The first-order chi connectivity index (χ1) is 24.2. The maximum Gasteiger partial charge on any atom is 0.332 e. The van der Waals surface area contributed by atoms with Gasteiger partial charge >= 0.3 is 5.97 Å². The van der Waals surface area contributed by atoms with Crippen LogP contribution in [0.4, 0.5) is 4.39 Å². The Morgan fingerprint density at radius 2 is 1.92 bits per heavy atom. The molecule has 1 aliphatic heterocycles. The molecular formula is C39H53FN6O5. The molecule has 0 aromatic heterocycles. The second kappa shape index (κ2) is 15.5. The van der Waals surface area contributed by atoms with Gasteiger partial charge in [-0.25, -0.2) is 14.2 Å². The molecule has 3 fully saturated rings. The minimum absolute atomic E-state index is 0.00346. The number of allylic oxidation sites excluding steroid dienone is 4. The number of hydrazone groups is 1. The molecule has 5 rings (SSSR count). The summed E-state index contributed by atoms with van der Waals surface area (Å²) in [6, 6.07) is 7.04. The van der Waals surface area contributed by atoms with Gasteiger partial charge in [0.2, 0.25) is 5.91 Å². The fourth-order valence-corrected chi connectivity index (χ4v) is 8.24. The van der Waals surface area contributed by atoms with Gasteiger partial charge in [-0.1, -0.05) is 49.0 Å². The van der Waals surface area contributed by atoms with Crippen molar-refractivity contribution in [3.8, 4) is 0 Å². The van der Waals surface area contributed by atoms with Crippen LogP contribution in [0.15, 0.2) is 77.1 Å². The highest BCUT2D eigenvalue weighted by Crippen LogP contribution is 2.48. The Morgan fingerprint density at radius 3 is 2.53 bits per heavy atom. The first-order valence-corrected chi connectivity index (χ1v) is 18.0. The molecule has 0 bridgehead atoms. The van der Waals surface area contributed by atoms with Crippen LogP contribution in [0.2, 0.25) is 0 Å².